The van der Waals surface area contributed by atoms with Crippen LogP contribution in [0.3, 0.4) is 0 Å². The Hall–Kier alpha value is -1.34. The van der Waals surface area contributed by atoms with E-state index in [0.29, 0.717) is 11.6 Å². The fourth-order valence-corrected chi connectivity index (χ4v) is 3.61. The summed E-state index contributed by atoms with van der Waals surface area (Å²) >= 11 is 6.13. The van der Waals surface area contributed by atoms with Crippen LogP contribution >= 0.6 is 24.0 Å². The Morgan fingerprint density at radius 1 is 1.33 bits per heavy atom. The van der Waals surface area contributed by atoms with Crippen molar-refractivity contribution >= 4 is 35.9 Å². The van der Waals surface area contributed by atoms with E-state index in [1.807, 2.05) is 43.1 Å². The number of carbonyl (C=O) groups excluding carboxylic acids is 1. The fourth-order valence-electron chi connectivity index (χ4n) is 3.41. The summed E-state index contributed by atoms with van der Waals surface area (Å²) in [5.41, 5.74) is 0.904. The number of hydrogen-bond acceptors (Lipinski definition) is 4. The minimum Gasteiger partial charge on any atom is -0.480 e. The van der Waals surface area contributed by atoms with Crippen LogP contribution in [-0.2, 0) is 16.1 Å². The summed E-state index contributed by atoms with van der Waals surface area (Å²) in [6, 6.07) is 7.51. The van der Waals surface area contributed by atoms with Crippen molar-refractivity contribution in [1.29, 1.82) is 0 Å². The van der Waals surface area contributed by atoms with Crippen LogP contribution in [0.1, 0.15) is 31.7 Å². The maximum atomic E-state index is 12.5. The molecule has 8 heteroatoms. The zero-order valence-corrected chi connectivity index (χ0v) is 17.4. The number of likely N-dealkylation sites (tertiary alicyclic amines) is 1. The second-order valence-electron chi connectivity index (χ2n) is 6.91. The van der Waals surface area contributed by atoms with Crippen LogP contribution in [-0.4, -0.2) is 65.5 Å². The summed E-state index contributed by atoms with van der Waals surface area (Å²) < 4.78 is 0. The van der Waals surface area contributed by atoms with Crippen molar-refractivity contribution in [1.82, 2.24) is 15.1 Å². The molecule has 2 N–H and O–H groups in total. The van der Waals surface area contributed by atoms with E-state index >= 15 is 0 Å². The number of amides is 1. The number of halogens is 2. The molecule has 1 aromatic carbocycles. The third-order valence-corrected chi connectivity index (χ3v) is 5.45. The minimum absolute atomic E-state index is 0. The Labute approximate surface area is 172 Å². The lowest BCUT2D eigenvalue weighted by atomic mass is 10.1. The van der Waals surface area contributed by atoms with Gasteiger partial charge < -0.3 is 10.4 Å². The van der Waals surface area contributed by atoms with Gasteiger partial charge in [-0.2, -0.15) is 0 Å². The second-order valence-corrected chi connectivity index (χ2v) is 7.32. The van der Waals surface area contributed by atoms with Gasteiger partial charge in [0.2, 0.25) is 5.91 Å². The van der Waals surface area contributed by atoms with Gasteiger partial charge in [-0.1, -0.05) is 29.8 Å². The highest BCUT2D eigenvalue weighted by Gasteiger charge is 2.26. The van der Waals surface area contributed by atoms with Crippen molar-refractivity contribution in [2.75, 3.05) is 26.7 Å². The fraction of sp³-hybridized carbons (Fsp3) is 0.579. The molecule has 1 aliphatic heterocycles. The summed E-state index contributed by atoms with van der Waals surface area (Å²) in [5, 5.41) is 12.6. The van der Waals surface area contributed by atoms with Gasteiger partial charge in [-0.25, -0.2) is 0 Å². The molecule has 0 aliphatic carbocycles. The van der Waals surface area contributed by atoms with Gasteiger partial charge in [0.15, 0.2) is 0 Å². The molecule has 2 atom stereocenters. The van der Waals surface area contributed by atoms with E-state index in [1.165, 1.54) is 0 Å². The Kier molecular flexibility index (Phi) is 10.1. The van der Waals surface area contributed by atoms with Crippen molar-refractivity contribution in [2.45, 2.75) is 44.8 Å². The number of benzene rings is 1. The molecular formula is C19H29Cl2N3O3. The van der Waals surface area contributed by atoms with E-state index in [2.05, 4.69) is 10.2 Å². The molecule has 0 spiro atoms. The quantitative estimate of drug-likeness (QED) is 0.713. The van der Waals surface area contributed by atoms with Crippen LogP contribution in [0.5, 0.6) is 0 Å². The van der Waals surface area contributed by atoms with Crippen LogP contribution < -0.4 is 5.32 Å². The summed E-state index contributed by atoms with van der Waals surface area (Å²) in [5.74, 6) is -0.816. The molecule has 0 bridgehead atoms. The molecule has 152 valence electrons. The highest BCUT2D eigenvalue weighted by atomic mass is 35.5. The molecular weight excluding hydrogens is 389 g/mol. The van der Waals surface area contributed by atoms with E-state index < -0.39 is 5.97 Å². The smallest absolute Gasteiger partial charge is 0.317 e. The van der Waals surface area contributed by atoms with Gasteiger partial charge in [0, 0.05) is 24.2 Å². The Morgan fingerprint density at radius 3 is 2.70 bits per heavy atom. The number of rotatable bonds is 7. The molecule has 0 radical (unpaired) electrons. The molecule has 1 fully saturated rings. The minimum atomic E-state index is -0.805. The number of aliphatic carboxylic acids is 1. The van der Waals surface area contributed by atoms with Crippen LogP contribution in [0, 0.1) is 0 Å². The maximum Gasteiger partial charge on any atom is 0.317 e. The first-order chi connectivity index (χ1) is 12.4. The number of carboxylic acid groups (broad SMARTS) is 1. The molecule has 6 nitrogen and oxygen atoms in total. The van der Waals surface area contributed by atoms with E-state index in [1.54, 1.807) is 0 Å². The van der Waals surface area contributed by atoms with E-state index in [9.17, 15) is 9.59 Å². The maximum absolute atomic E-state index is 12.5. The number of likely N-dealkylation sites (N-methyl/N-ethyl adjacent to an activating group) is 1. The third-order valence-electron chi connectivity index (χ3n) is 5.08. The third kappa shape index (κ3) is 7.30. The lowest BCUT2D eigenvalue weighted by Gasteiger charge is -2.28. The molecule has 0 aromatic heterocycles. The van der Waals surface area contributed by atoms with Crippen LogP contribution in [0.25, 0.3) is 0 Å². The van der Waals surface area contributed by atoms with Gasteiger partial charge in [0.1, 0.15) is 0 Å². The molecule has 1 amide bonds. The lowest BCUT2D eigenvalue weighted by molar-refractivity contribution is -0.138. The zero-order valence-electron chi connectivity index (χ0n) is 15.9. The first-order valence-electron chi connectivity index (χ1n) is 9.05. The SMILES string of the molecule is CC(C(=O)NCc1ccccc1Cl)N1CCCC(N(C)CC(=O)O)CC1.Cl. The first kappa shape index (κ1) is 23.7. The molecule has 1 saturated heterocycles. The lowest BCUT2D eigenvalue weighted by Crippen LogP contribution is -2.45. The molecule has 27 heavy (non-hydrogen) atoms. The number of nitrogens with zero attached hydrogens (tertiary/aromatic N) is 2. The van der Waals surface area contributed by atoms with Crippen molar-refractivity contribution in [3.05, 3.63) is 34.9 Å². The molecule has 2 unspecified atom stereocenters. The average molecular weight is 418 g/mol. The van der Waals surface area contributed by atoms with Gasteiger partial charge >= 0.3 is 5.97 Å². The number of nitrogens with one attached hydrogen (secondary N) is 1. The molecule has 2 rings (SSSR count). The van der Waals surface area contributed by atoms with Crippen LogP contribution in [0.2, 0.25) is 5.02 Å². The predicted molar refractivity (Wildman–Crippen MR) is 109 cm³/mol. The second kappa shape index (κ2) is 11.5. The van der Waals surface area contributed by atoms with Gasteiger partial charge in [0.05, 0.1) is 12.6 Å². The van der Waals surface area contributed by atoms with E-state index in [0.717, 1.165) is 37.9 Å². The van der Waals surface area contributed by atoms with Gasteiger partial charge in [-0.05, 0) is 51.4 Å². The monoisotopic (exact) mass is 417 g/mol. The summed E-state index contributed by atoms with van der Waals surface area (Å²) in [4.78, 5) is 27.5. The van der Waals surface area contributed by atoms with E-state index in [-0.39, 0.29) is 36.9 Å². The number of carboxylic acids is 1. The van der Waals surface area contributed by atoms with Gasteiger partial charge in [0.25, 0.3) is 0 Å². The summed E-state index contributed by atoms with van der Waals surface area (Å²) in [7, 11) is 1.86. The Morgan fingerprint density at radius 2 is 2.04 bits per heavy atom. The standard InChI is InChI=1S/C19H28ClN3O3.ClH/c1-14(19(26)21-12-15-6-3-4-8-17(15)20)23-10-5-7-16(9-11-23)22(2)13-18(24)25;/h3-4,6,8,14,16H,5,7,9-13H2,1-2H3,(H,21,26)(H,24,25);1H. The van der Waals surface area contributed by atoms with Crippen molar-refractivity contribution in [3.8, 4) is 0 Å². The van der Waals surface area contributed by atoms with Crippen LogP contribution in [0.15, 0.2) is 24.3 Å². The number of hydrogen-bond donors (Lipinski definition) is 2. The number of carbonyl (C=O) groups is 2. The molecule has 0 saturated carbocycles. The molecule has 1 heterocycles. The summed E-state index contributed by atoms with van der Waals surface area (Å²) in [6.45, 7) is 4.02. The highest BCUT2D eigenvalue weighted by molar-refractivity contribution is 6.31. The Bertz CT molecular complexity index is 630. The Balaban J connectivity index is 0.00000364. The molecule has 1 aliphatic rings. The zero-order chi connectivity index (χ0) is 19.1. The van der Waals surface area contributed by atoms with Crippen LogP contribution in [0.4, 0.5) is 0 Å². The van der Waals surface area contributed by atoms with Gasteiger partial charge in [-0.3, -0.25) is 19.4 Å². The van der Waals surface area contributed by atoms with Gasteiger partial charge in [-0.15, -0.1) is 12.4 Å². The average Bonchev–Trinajstić information content (AvgIpc) is 2.85. The normalized spacial score (nSPS) is 19.0. The van der Waals surface area contributed by atoms with Crippen molar-refractivity contribution < 1.29 is 14.7 Å². The first-order valence-corrected chi connectivity index (χ1v) is 9.43. The topological polar surface area (TPSA) is 72.9 Å². The highest BCUT2D eigenvalue weighted by Crippen LogP contribution is 2.18. The van der Waals surface area contributed by atoms with E-state index in [4.69, 9.17) is 16.7 Å². The largest absolute Gasteiger partial charge is 0.480 e. The molecule has 1 aromatic rings. The predicted octanol–water partition coefficient (Wildman–Crippen LogP) is 2.64. The van der Waals surface area contributed by atoms with Crippen molar-refractivity contribution in [3.63, 3.8) is 0 Å². The summed E-state index contributed by atoms with van der Waals surface area (Å²) in [6.07, 6.45) is 2.77. The van der Waals surface area contributed by atoms with Crippen molar-refractivity contribution in [2.24, 2.45) is 0 Å².